The molecule has 18 heavy (non-hydrogen) atoms. The molecule has 4 heteroatoms. The summed E-state index contributed by atoms with van der Waals surface area (Å²) >= 11 is 0. The molecule has 0 aliphatic heterocycles. The molecule has 2 aromatic rings. The monoisotopic (exact) mass is 242 g/mol. The number of hydrogen-bond acceptors (Lipinski definition) is 4. The number of hydrazine groups is 1. The Morgan fingerprint density at radius 1 is 1.17 bits per heavy atom. The first kappa shape index (κ1) is 12.7. The van der Waals surface area contributed by atoms with E-state index in [1.807, 2.05) is 24.5 Å². The largest absolute Gasteiger partial charge is 0.271 e. The molecular formula is C14H18N4. The third-order valence-electron chi connectivity index (χ3n) is 3.19. The van der Waals surface area contributed by atoms with E-state index >= 15 is 0 Å². The first-order valence-corrected chi connectivity index (χ1v) is 6.07. The highest BCUT2D eigenvalue weighted by molar-refractivity contribution is 5.37. The number of nitrogens with two attached hydrogens (primary N) is 1. The zero-order valence-corrected chi connectivity index (χ0v) is 10.7. The van der Waals surface area contributed by atoms with Gasteiger partial charge < -0.3 is 0 Å². The summed E-state index contributed by atoms with van der Waals surface area (Å²) in [4.78, 5) is 8.35. The van der Waals surface area contributed by atoms with Crippen LogP contribution in [-0.4, -0.2) is 9.97 Å². The second-order valence-electron chi connectivity index (χ2n) is 4.26. The molecule has 4 nitrogen and oxygen atoms in total. The summed E-state index contributed by atoms with van der Waals surface area (Å²) < 4.78 is 0. The molecule has 0 aliphatic rings. The van der Waals surface area contributed by atoms with E-state index in [-0.39, 0.29) is 6.04 Å². The lowest BCUT2D eigenvalue weighted by atomic mass is 9.94. The fourth-order valence-corrected chi connectivity index (χ4v) is 2.14. The van der Waals surface area contributed by atoms with Crippen LogP contribution in [0.5, 0.6) is 0 Å². The van der Waals surface area contributed by atoms with Gasteiger partial charge in [-0.15, -0.1) is 0 Å². The van der Waals surface area contributed by atoms with Gasteiger partial charge in [-0.3, -0.25) is 15.8 Å². The van der Waals surface area contributed by atoms with Crippen LogP contribution in [0.3, 0.4) is 0 Å². The maximum atomic E-state index is 5.73. The maximum absolute atomic E-state index is 5.73. The minimum atomic E-state index is -0.0448. The fourth-order valence-electron chi connectivity index (χ4n) is 2.14. The highest BCUT2D eigenvalue weighted by Crippen LogP contribution is 2.25. The molecule has 1 unspecified atom stereocenters. The summed E-state index contributed by atoms with van der Waals surface area (Å²) in [7, 11) is 0. The van der Waals surface area contributed by atoms with Crippen LogP contribution in [0, 0.1) is 6.92 Å². The van der Waals surface area contributed by atoms with E-state index in [9.17, 15) is 0 Å². The van der Waals surface area contributed by atoms with Gasteiger partial charge in [0.15, 0.2) is 0 Å². The SMILES string of the molecule is CCc1cnccc1C(NN)c1cnccc1C. The molecule has 0 saturated heterocycles. The van der Waals surface area contributed by atoms with Gasteiger partial charge in [-0.2, -0.15) is 0 Å². The lowest BCUT2D eigenvalue weighted by Crippen LogP contribution is -2.30. The van der Waals surface area contributed by atoms with E-state index in [2.05, 4.69) is 29.2 Å². The van der Waals surface area contributed by atoms with Crippen LogP contribution in [0.4, 0.5) is 0 Å². The Bertz CT molecular complexity index is 525. The van der Waals surface area contributed by atoms with Gasteiger partial charge in [0.2, 0.25) is 0 Å². The van der Waals surface area contributed by atoms with Gasteiger partial charge in [0, 0.05) is 24.8 Å². The van der Waals surface area contributed by atoms with Gasteiger partial charge in [-0.1, -0.05) is 6.92 Å². The molecule has 0 fully saturated rings. The lowest BCUT2D eigenvalue weighted by Gasteiger charge is -2.20. The molecule has 0 aliphatic carbocycles. The van der Waals surface area contributed by atoms with Crippen LogP contribution in [0.15, 0.2) is 36.9 Å². The van der Waals surface area contributed by atoms with Gasteiger partial charge in [0.05, 0.1) is 6.04 Å². The smallest absolute Gasteiger partial charge is 0.0731 e. The molecule has 0 saturated carbocycles. The summed E-state index contributed by atoms with van der Waals surface area (Å²) in [6.45, 7) is 4.18. The predicted molar refractivity (Wildman–Crippen MR) is 71.8 cm³/mol. The molecule has 2 heterocycles. The number of pyridine rings is 2. The molecule has 0 radical (unpaired) electrons. The maximum Gasteiger partial charge on any atom is 0.0731 e. The topological polar surface area (TPSA) is 63.8 Å². The van der Waals surface area contributed by atoms with Crippen LogP contribution >= 0.6 is 0 Å². The third-order valence-corrected chi connectivity index (χ3v) is 3.19. The Labute approximate surface area is 107 Å². The minimum Gasteiger partial charge on any atom is -0.271 e. The van der Waals surface area contributed by atoms with Crippen LogP contribution in [0.1, 0.15) is 35.2 Å². The Morgan fingerprint density at radius 2 is 1.89 bits per heavy atom. The summed E-state index contributed by atoms with van der Waals surface area (Å²) in [6.07, 6.45) is 8.27. The summed E-state index contributed by atoms with van der Waals surface area (Å²) in [5, 5.41) is 0. The molecule has 0 spiro atoms. The molecule has 2 aromatic heterocycles. The van der Waals surface area contributed by atoms with Gasteiger partial charge >= 0.3 is 0 Å². The van der Waals surface area contributed by atoms with E-state index < -0.39 is 0 Å². The van der Waals surface area contributed by atoms with Crippen molar-refractivity contribution < 1.29 is 0 Å². The fraction of sp³-hybridized carbons (Fsp3) is 0.286. The number of rotatable bonds is 4. The molecular weight excluding hydrogens is 224 g/mol. The number of aryl methyl sites for hydroxylation is 2. The third kappa shape index (κ3) is 2.39. The molecule has 3 N–H and O–H groups in total. The van der Waals surface area contributed by atoms with Crippen molar-refractivity contribution in [2.45, 2.75) is 26.3 Å². The van der Waals surface area contributed by atoms with Crippen molar-refractivity contribution >= 4 is 0 Å². The van der Waals surface area contributed by atoms with Crippen molar-refractivity contribution in [3.8, 4) is 0 Å². The van der Waals surface area contributed by atoms with E-state index in [4.69, 9.17) is 5.84 Å². The number of aromatic nitrogens is 2. The van der Waals surface area contributed by atoms with Crippen LogP contribution < -0.4 is 11.3 Å². The van der Waals surface area contributed by atoms with Gasteiger partial charge in [-0.25, -0.2) is 5.43 Å². The Morgan fingerprint density at radius 3 is 2.56 bits per heavy atom. The van der Waals surface area contributed by atoms with Gasteiger partial charge in [0.25, 0.3) is 0 Å². The minimum absolute atomic E-state index is 0.0448. The van der Waals surface area contributed by atoms with Crippen LogP contribution in [-0.2, 0) is 6.42 Å². The highest BCUT2D eigenvalue weighted by Gasteiger charge is 2.17. The standard InChI is InChI=1S/C14H18N4/c1-3-11-8-16-7-5-12(11)14(18-15)13-9-17-6-4-10(13)2/h4-9,14,18H,3,15H2,1-2H3. The van der Waals surface area contributed by atoms with Gasteiger partial charge in [0.1, 0.15) is 0 Å². The quantitative estimate of drug-likeness (QED) is 0.635. The Kier molecular flexibility index (Phi) is 4.02. The van der Waals surface area contributed by atoms with E-state index in [0.29, 0.717) is 0 Å². The first-order valence-electron chi connectivity index (χ1n) is 6.07. The molecule has 0 bridgehead atoms. The average Bonchev–Trinajstić information content (AvgIpc) is 2.42. The summed E-state index contributed by atoms with van der Waals surface area (Å²) in [5.41, 5.74) is 7.51. The van der Waals surface area contributed by atoms with Crippen molar-refractivity contribution in [3.63, 3.8) is 0 Å². The van der Waals surface area contributed by atoms with Crippen molar-refractivity contribution in [2.24, 2.45) is 5.84 Å². The van der Waals surface area contributed by atoms with Crippen molar-refractivity contribution in [1.82, 2.24) is 15.4 Å². The van der Waals surface area contributed by atoms with Crippen molar-refractivity contribution in [3.05, 3.63) is 59.2 Å². The van der Waals surface area contributed by atoms with E-state index in [0.717, 1.165) is 17.5 Å². The summed E-state index contributed by atoms with van der Waals surface area (Å²) in [5.74, 6) is 5.73. The molecule has 1 atom stereocenters. The second-order valence-corrected chi connectivity index (χ2v) is 4.26. The molecule has 0 aromatic carbocycles. The highest BCUT2D eigenvalue weighted by atomic mass is 15.2. The lowest BCUT2D eigenvalue weighted by molar-refractivity contribution is 0.625. The normalized spacial score (nSPS) is 12.4. The van der Waals surface area contributed by atoms with Crippen molar-refractivity contribution in [1.29, 1.82) is 0 Å². The van der Waals surface area contributed by atoms with Crippen molar-refractivity contribution in [2.75, 3.05) is 0 Å². The van der Waals surface area contributed by atoms with E-state index in [1.54, 1.807) is 12.4 Å². The molecule has 2 rings (SSSR count). The van der Waals surface area contributed by atoms with E-state index in [1.165, 1.54) is 11.1 Å². The summed E-state index contributed by atoms with van der Waals surface area (Å²) in [6, 6.07) is 3.96. The number of hydrogen-bond donors (Lipinski definition) is 2. The van der Waals surface area contributed by atoms with Crippen LogP contribution in [0.25, 0.3) is 0 Å². The average molecular weight is 242 g/mol. The number of nitrogens with one attached hydrogen (secondary N) is 1. The van der Waals surface area contributed by atoms with Crippen LogP contribution in [0.2, 0.25) is 0 Å². The Balaban J connectivity index is 2.49. The molecule has 94 valence electrons. The second kappa shape index (κ2) is 5.71. The Hall–Kier alpha value is -1.78. The molecule has 0 amide bonds. The number of nitrogens with zero attached hydrogens (tertiary/aromatic N) is 2. The zero-order valence-electron chi connectivity index (χ0n) is 10.7. The van der Waals surface area contributed by atoms with Gasteiger partial charge in [-0.05, 0) is 47.7 Å². The zero-order chi connectivity index (χ0) is 13.0. The first-order chi connectivity index (χ1) is 8.77. The predicted octanol–water partition coefficient (Wildman–Crippen LogP) is 1.90.